The molecule has 1 aliphatic rings. The van der Waals surface area contributed by atoms with Crippen LogP contribution < -0.4 is 0 Å². The maximum absolute atomic E-state index is 10.3. The van der Waals surface area contributed by atoms with Crippen LogP contribution in [0.1, 0.15) is 5.56 Å². The number of morpholine rings is 1. The highest BCUT2D eigenvalue weighted by molar-refractivity contribution is 6.07. The quantitative estimate of drug-likeness (QED) is 0.785. The molecule has 2 aromatic carbocycles. The Balaban J connectivity index is 1.87. The average Bonchev–Trinajstić information content (AvgIpc) is 2.90. The predicted octanol–water partition coefficient (Wildman–Crippen LogP) is 3.12. The molecule has 0 unspecified atom stereocenters. The molecule has 2 heterocycles. The minimum absolute atomic E-state index is 0.334. The molecule has 4 heteroatoms. The first-order valence-electron chi connectivity index (χ1n) is 7.25. The van der Waals surface area contributed by atoms with Crippen LogP contribution in [-0.2, 0) is 11.3 Å². The monoisotopic (exact) mass is 283 g/mol. The summed E-state index contributed by atoms with van der Waals surface area (Å²) in [5, 5.41) is 12.4. The van der Waals surface area contributed by atoms with E-state index >= 15 is 0 Å². The van der Waals surface area contributed by atoms with Crippen molar-refractivity contribution in [2.75, 3.05) is 26.3 Å². The highest BCUT2D eigenvalue weighted by atomic mass is 16.5. The standard InChI is InChI=1S/C17H17NO3/c19-14-5-6-16-17(12-3-1-2-4-15(12)21-16)13(14)11-18-7-9-20-10-8-18/h1-6,19H,7-11H2. The second kappa shape index (κ2) is 5.06. The van der Waals surface area contributed by atoms with Crippen LogP contribution in [0.2, 0.25) is 0 Å². The third-order valence-corrected chi connectivity index (χ3v) is 4.11. The van der Waals surface area contributed by atoms with E-state index in [0.29, 0.717) is 5.75 Å². The first-order valence-corrected chi connectivity index (χ1v) is 7.25. The minimum atomic E-state index is 0.334. The first kappa shape index (κ1) is 12.7. The second-order valence-corrected chi connectivity index (χ2v) is 5.42. The van der Waals surface area contributed by atoms with Gasteiger partial charge in [0, 0.05) is 36.0 Å². The summed E-state index contributed by atoms with van der Waals surface area (Å²) in [6.45, 7) is 4.01. The normalized spacial score (nSPS) is 16.8. The molecule has 0 aliphatic carbocycles. The van der Waals surface area contributed by atoms with Crippen LogP contribution in [0.25, 0.3) is 21.9 Å². The van der Waals surface area contributed by atoms with Crippen molar-refractivity contribution in [3.63, 3.8) is 0 Å². The van der Waals surface area contributed by atoms with Crippen molar-refractivity contribution in [1.29, 1.82) is 0 Å². The van der Waals surface area contributed by atoms with E-state index < -0.39 is 0 Å². The molecular weight excluding hydrogens is 266 g/mol. The van der Waals surface area contributed by atoms with Gasteiger partial charge in [-0.05, 0) is 18.2 Å². The molecule has 0 amide bonds. The van der Waals surface area contributed by atoms with Crippen molar-refractivity contribution in [2.24, 2.45) is 0 Å². The molecule has 4 rings (SSSR count). The molecule has 0 atom stereocenters. The number of aromatic hydroxyl groups is 1. The van der Waals surface area contributed by atoms with Gasteiger partial charge in [0.15, 0.2) is 0 Å². The van der Waals surface area contributed by atoms with E-state index in [-0.39, 0.29) is 0 Å². The lowest BCUT2D eigenvalue weighted by atomic mass is 10.0. The average molecular weight is 283 g/mol. The molecule has 108 valence electrons. The summed E-state index contributed by atoms with van der Waals surface area (Å²) in [5.74, 6) is 0.334. The molecule has 0 radical (unpaired) electrons. The zero-order chi connectivity index (χ0) is 14.2. The molecule has 3 aromatic rings. The van der Waals surface area contributed by atoms with E-state index in [2.05, 4.69) is 4.90 Å². The van der Waals surface area contributed by atoms with Crippen LogP contribution in [0.5, 0.6) is 5.75 Å². The summed E-state index contributed by atoms with van der Waals surface area (Å²) in [6.07, 6.45) is 0. The first-order chi connectivity index (χ1) is 10.3. The Morgan fingerprint density at radius 3 is 2.67 bits per heavy atom. The van der Waals surface area contributed by atoms with Gasteiger partial charge in [-0.2, -0.15) is 0 Å². The fraction of sp³-hybridized carbons (Fsp3) is 0.294. The summed E-state index contributed by atoms with van der Waals surface area (Å²) in [4.78, 5) is 2.31. The minimum Gasteiger partial charge on any atom is -0.508 e. The van der Waals surface area contributed by atoms with E-state index in [9.17, 15) is 5.11 Å². The van der Waals surface area contributed by atoms with E-state index in [1.807, 2.05) is 30.3 Å². The van der Waals surface area contributed by atoms with Crippen molar-refractivity contribution in [3.8, 4) is 5.75 Å². The maximum atomic E-state index is 10.3. The number of furan rings is 1. The number of fused-ring (bicyclic) bond motifs is 3. The Morgan fingerprint density at radius 1 is 1.00 bits per heavy atom. The predicted molar refractivity (Wildman–Crippen MR) is 81.5 cm³/mol. The molecular formula is C17H17NO3. The summed E-state index contributed by atoms with van der Waals surface area (Å²) in [6, 6.07) is 11.5. The lowest BCUT2D eigenvalue weighted by Crippen LogP contribution is -2.35. The largest absolute Gasteiger partial charge is 0.508 e. The van der Waals surface area contributed by atoms with Gasteiger partial charge < -0.3 is 14.3 Å². The number of hydrogen-bond acceptors (Lipinski definition) is 4. The van der Waals surface area contributed by atoms with Crippen LogP contribution in [-0.4, -0.2) is 36.3 Å². The number of nitrogens with zero attached hydrogens (tertiary/aromatic N) is 1. The molecule has 0 bridgehead atoms. The van der Waals surface area contributed by atoms with Crippen LogP contribution in [0.4, 0.5) is 0 Å². The second-order valence-electron chi connectivity index (χ2n) is 5.42. The van der Waals surface area contributed by atoms with E-state index in [4.69, 9.17) is 9.15 Å². The highest BCUT2D eigenvalue weighted by Crippen LogP contribution is 2.36. The van der Waals surface area contributed by atoms with E-state index in [1.165, 1.54) is 0 Å². The smallest absolute Gasteiger partial charge is 0.136 e. The Bertz CT molecular complexity index is 787. The summed E-state index contributed by atoms with van der Waals surface area (Å²) in [7, 11) is 0. The van der Waals surface area contributed by atoms with Crippen LogP contribution in [0, 0.1) is 0 Å². The van der Waals surface area contributed by atoms with Crippen molar-refractivity contribution in [3.05, 3.63) is 42.0 Å². The van der Waals surface area contributed by atoms with E-state index in [0.717, 1.165) is 60.3 Å². The molecule has 1 saturated heterocycles. The fourth-order valence-corrected chi connectivity index (χ4v) is 3.02. The maximum Gasteiger partial charge on any atom is 0.136 e. The number of rotatable bonds is 2. The Kier molecular flexibility index (Phi) is 3.05. The van der Waals surface area contributed by atoms with Gasteiger partial charge in [-0.1, -0.05) is 18.2 Å². The van der Waals surface area contributed by atoms with Gasteiger partial charge in [0.05, 0.1) is 13.2 Å². The highest BCUT2D eigenvalue weighted by Gasteiger charge is 2.18. The molecule has 4 nitrogen and oxygen atoms in total. The topological polar surface area (TPSA) is 45.8 Å². The molecule has 1 aliphatic heterocycles. The summed E-state index contributed by atoms with van der Waals surface area (Å²) in [5.41, 5.74) is 2.64. The molecule has 1 N–H and O–H groups in total. The number of phenolic OH excluding ortho intramolecular Hbond substituents is 1. The van der Waals surface area contributed by atoms with Gasteiger partial charge in [0.25, 0.3) is 0 Å². The fourth-order valence-electron chi connectivity index (χ4n) is 3.02. The number of hydrogen-bond donors (Lipinski definition) is 1. The lowest BCUT2D eigenvalue weighted by molar-refractivity contribution is 0.0341. The van der Waals surface area contributed by atoms with Crippen molar-refractivity contribution in [1.82, 2.24) is 4.90 Å². The third-order valence-electron chi connectivity index (χ3n) is 4.11. The Labute approximate surface area is 122 Å². The number of phenols is 1. The lowest BCUT2D eigenvalue weighted by Gasteiger charge is -2.27. The SMILES string of the molecule is Oc1ccc2oc3ccccc3c2c1CN1CCOCC1. The van der Waals surface area contributed by atoms with Crippen molar-refractivity contribution < 1.29 is 14.3 Å². The number of ether oxygens (including phenoxy) is 1. The van der Waals surface area contributed by atoms with Crippen LogP contribution >= 0.6 is 0 Å². The van der Waals surface area contributed by atoms with Crippen LogP contribution in [0.3, 0.4) is 0 Å². The zero-order valence-corrected chi connectivity index (χ0v) is 11.7. The van der Waals surface area contributed by atoms with E-state index in [1.54, 1.807) is 6.07 Å². The van der Waals surface area contributed by atoms with Gasteiger partial charge in [-0.25, -0.2) is 0 Å². The molecule has 1 aromatic heterocycles. The number of para-hydroxylation sites is 1. The Morgan fingerprint density at radius 2 is 1.81 bits per heavy atom. The molecule has 0 saturated carbocycles. The Hall–Kier alpha value is -2.04. The number of benzene rings is 2. The summed E-state index contributed by atoms with van der Waals surface area (Å²) >= 11 is 0. The molecule has 1 fully saturated rings. The third kappa shape index (κ3) is 2.17. The molecule has 21 heavy (non-hydrogen) atoms. The van der Waals surface area contributed by atoms with Gasteiger partial charge in [0.1, 0.15) is 16.9 Å². The zero-order valence-electron chi connectivity index (χ0n) is 11.7. The molecule has 0 spiro atoms. The van der Waals surface area contributed by atoms with Gasteiger partial charge >= 0.3 is 0 Å². The summed E-state index contributed by atoms with van der Waals surface area (Å²) < 4.78 is 11.3. The van der Waals surface area contributed by atoms with Gasteiger partial charge in [-0.3, -0.25) is 4.90 Å². The van der Waals surface area contributed by atoms with Crippen molar-refractivity contribution >= 4 is 21.9 Å². The van der Waals surface area contributed by atoms with Crippen molar-refractivity contribution in [2.45, 2.75) is 6.54 Å². The van der Waals surface area contributed by atoms with Crippen LogP contribution in [0.15, 0.2) is 40.8 Å². The van der Waals surface area contributed by atoms with Gasteiger partial charge in [-0.15, -0.1) is 0 Å². The van der Waals surface area contributed by atoms with Gasteiger partial charge in [0.2, 0.25) is 0 Å².